The second-order valence-electron chi connectivity index (χ2n) is 3.85. The molecule has 2 aromatic carbocycles. The number of Topliss-reactive ketones (excluding diaryl/α,β-unsaturated/α-hetero) is 1. The molecule has 0 saturated carbocycles. The average molecular weight is 327 g/mol. The molecule has 0 radical (unpaired) electrons. The fourth-order valence-corrected chi connectivity index (χ4v) is 1.94. The van der Waals surface area contributed by atoms with Gasteiger partial charge in [0.2, 0.25) is 0 Å². The normalized spacial score (nSPS) is 10.3. The van der Waals surface area contributed by atoms with Crippen molar-refractivity contribution in [3.05, 3.63) is 58.1 Å². The third kappa shape index (κ3) is 2.98. The first-order chi connectivity index (χ1) is 8.99. The molecule has 2 nitrogen and oxygen atoms in total. The zero-order valence-corrected chi connectivity index (χ0v) is 11.5. The van der Waals surface area contributed by atoms with Crippen LogP contribution in [0.2, 0.25) is 0 Å². The van der Waals surface area contributed by atoms with E-state index in [0.29, 0.717) is 4.47 Å². The van der Waals surface area contributed by atoms with Gasteiger partial charge in [0.15, 0.2) is 17.3 Å². The Balaban J connectivity index is 2.44. The highest BCUT2D eigenvalue weighted by atomic mass is 79.9. The first kappa shape index (κ1) is 13.7. The molecule has 0 aliphatic heterocycles. The van der Waals surface area contributed by atoms with E-state index in [9.17, 15) is 13.6 Å². The number of benzene rings is 2. The Kier molecular flexibility index (Phi) is 3.95. The van der Waals surface area contributed by atoms with E-state index in [0.717, 1.165) is 6.07 Å². The van der Waals surface area contributed by atoms with E-state index in [-0.39, 0.29) is 17.1 Å². The Morgan fingerprint density at radius 2 is 1.84 bits per heavy atom. The smallest absolute Gasteiger partial charge is 0.166 e. The Morgan fingerprint density at radius 1 is 1.11 bits per heavy atom. The van der Waals surface area contributed by atoms with Gasteiger partial charge >= 0.3 is 0 Å². The summed E-state index contributed by atoms with van der Waals surface area (Å²) >= 11 is 3.12. The summed E-state index contributed by atoms with van der Waals surface area (Å²) in [7, 11) is 0. The van der Waals surface area contributed by atoms with Crippen LogP contribution in [0, 0.1) is 11.6 Å². The van der Waals surface area contributed by atoms with Crippen molar-refractivity contribution in [3.8, 4) is 11.5 Å². The predicted molar refractivity (Wildman–Crippen MR) is 70.6 cm³/mol. The van der Waals surface area contributed by atoms with Crippen molar-refractivity contribution < 1.29 is 18.3 Å². The monoisotopic (exact) mass is 326 g/mol. The van der Waals surface area contributed by atoms with Crippen LogP contribution in [0.1, 0.15) is 17.3 Å². The minimum atomic E-state index is -0.692. The van der Waals surface area contributed by atoms with E-state index in [1.165, 1.54) is 31.2 Å². The standard InChI is InChI=1S/C14H9BrF2O2/c1-8(18)14-10(16)3-2-4-13(14)19-12-6-5-9(15)7-11(12)17/h2-7H,1H3. The highest BCUT2D eigenvalue weighted by Crippen LogP contribution is 2.30. The SMILES string of the molecule is CC(=O)c1c(F)cccc1Oc1ccc(Br)cc1F. The third-order valence-electron chi connectivity index (χ3n) is 2.44. The summed E-state index contributed by atoms with van der Waals surface area (Å²) in [6.07, 6.45) is 0. The van der Waals surface area contributed by atoms with Crippen LogP contribution in [-0.4, -0.2) is 5.78 Å². The van der Waals surface area contributed by atoms with Gasteiger partial charge < -0.3 is 4.74 Å². The number of carbonyl (C=O) groups is 1. The molecule has 0 atom stereocenters. The van der Waals surface area contributed by atoms with Crippen molar-refractivity contribution >= 4 is 21.7 Å². The molecule has 0 fully saturated rings. The van der Waals surface area contributed by atoms with Crippen molar-refractivity contribution in [2.45, 2.75) is 6.92 Å². The van der Waals surface area contributed by atoms with Crippen LogP contribution in [-0.2, 0) is 0 Å². The van der Waals surface area contributed by atoms with Gasteiger partial charge in [-0.25, -0.2) is 8.78 Å². The molecular weight excluding hydrogens is 318 g/mol. The zero-order chi connectivity index (χ0) is 14.0. The molecule has 0 bridgehead atoms. The fraction of sp³-hybridized carbons (Fsp3) is 0.0714. The lowest BCUT2D eigenvalue weighted by Gasteiger charge is -2.10. The van der Waals surface area contributed by atoms with E-state index >= 15 is 0 Å². The van der Waals surface area contributed by atoms with Crippen LogP contribution >= 0.6 is 15.9 Å². The molecule has 0 spiro atoms. The highest BCUT2D eigenvalue weighted by molar-refractivity contribution is 9.10. The van der Waals surface area contributed by atoms with E-state index in [2.05, 4.69) is 15.9 Å². The average Bonchev–Trinajstić information content (AvgIpc) is 2.32. The summed E-state index contributed by atoms with van der Waals surface area (Å²) in [6.45, 7) is 1.23. The number of hydrogen-bond acceptors (Lipinski definition) is 2. The Bertz CT molecular complexity index is 641. The van der Waals surface area contributed by atoms with E-state index in [1.807, 2.05) is 0 Å². The van der Waals surface area contributed by atoms with Crippen LogP contribution in [0.4, 0.5) is 8.78 Å². The van der Waals surface area contributed by atoms with Crippen LogP contribution in [0.3, 0.4) is 0 Å². The molecule has 0 aliphatic rings. The predicted octanol–water partition coefficient (Wildman–Crippen LogP) is 4.72. The molecule has 98 valence electrons. The first-order valence-corrected chi connectivity index (χ1v) is 6.20. The summed E-state index contributed by atoms with van der Waals surface area (Å²) < 4.78 is 33.0. The largest absolute Gasteiger partial charge is 0.453 e. The maximum atomic E-state index is 13.6. The van der Waals surface area contributed by atoms with Gasteiger partial charge in [0.1, 0.15) is 11.6 Å². The van der Waals surface area contributed by atoms with Crippen molar-refractivity contribution in [2.75, 3.05) is 0 Å². The Hall–Kier alpha value is -1.75. The number of ketones is 1. The summed E-state index contributed by atoms with van der Waals surface area (Å²) in [5.41, 5.74) is -0.190. The van der Waals surface area contributed by atoms with Gasteiger partial charge in [0, 0.05) is 4.47 Å². The van der Waals surface area contributed by atoms with Crippen LogP contribution < -0.4 is 4.74 Å². The molecule has 0 N–H and O–H groups in total. The third-order valence-corrected chi connectivity index (χ3v) is 2.93. The molecule has 0 aromatic heterocycles. The fourth-order valence-electron chi connectivity index (χ4n) is 1.61. The van der Waals surface area contributed by atoms with Gasteiger partial charge in [-0.15, -0.1) is 0 Å². The van der Waals surface area contributed by atoms with E-state index in [1.54, 1.807) is 6.07 Å². The van der Waals surface area contributed by atoms with Crippen molar-refractivity contribution in [1.29, 1.82) is 0 Å². The number of carbonyl (C=O) groups excluding carboxylic acids is 1. The van der Waals surface area contributed by atoms with Gasteiger partial charge in [0.25, 0.3) is 0 Å². The Morgan fingerprint density at radius 3 is 2.47 bits per heavy atom. The summed E-state index contributed by atoms with van der Waals surface area (Å²) in [5, 5.41) is 0. The quantitative estimate of drug-likeness (QED) is 0.763. The Labute approximate surface area is 117 Å². The highest BCUT2D eigenvalue weighted by Gasteiger charge is 2.16. The maximum Gasteiger partial charge on any atom is 0.166 e. The number of hydrogen-bond donors (Lipinski definition) is 0. The molecule has 0 saturated heterocycles. The zero-order valence-electron chi connectivity index (χ0n) is 9.91. The van der Waals surface area contributed by atoms with Crippen LogP contribution in [0.15, 0.2) is 40.9 Å². The number of ether oxygens (including phenoxy) is 1. The second-order valence-corrected chi connectivity index (χ2v) is 4.76. The van der Waals surface area contributed by atoms with E-state index in [4.69, 9.17) is 4.74 Å². The van der Waals surface area contributed by atoms with Crippen molar-refractivity contribution in [2.24, 2.45) is 0 Å². The molecular formula is C14H9BrF2O2. The van der Waals surface area contributed by atoms with Gasteiger partial charge in [-0.1, -0.05) is 22.0 Å². The number of rotatable bonds is 3. The molecule has 2 rings (SSSR count). The van der Waals surface area contributed by atoms with Crippen molar-refractivity contribution in [3.63, 3.8) is 0 Å². The van der Waals surface area contributed by atoms with E-state index < -0.39 is 17.4 Å². The topological polar surface area (TPSA) is 26.3 Å². The lowest BCUT2D eigenvalue weighted by atomic mass is 10.1. The molecule has 0 heterocycles. The maximum absolute atomic E-state index is 13.6. The lowest BCUT2D eigenvalue weighted by Crippen LogP contribution is -2.01. The van der Waals surface area contributed by atoms with Crippen LogP contribution in [0.5, 0.6) is 11.5 Å². The van der Waals surface area contributed by atoms with Gasteiger partial charge in [-0.2, -0.15) is 0 Å². The summed E-state index contributed by atoms with van der Waals surface area (Å²) in [5.74, 6) is -1.86. The molecule has 5 heteroatoms. The minimum absolute atomic E-state index is 0.00581. The number of halogens is 3. The van der Waals surface area contributed by atoms with Crippen LogP contribution in [0.25, 0.3) is 0 Å². The van der Waals surface area contributed by atoms with Gasteiger partial charge in [0.05, 0.1) is 5.56 Å². The van der Waals surface area contributed by atoms with Gasteiger partial charge in [-0.3, -0.25) is 4.79 Å². The minimum Gasteiger partial charge on any atom is -0.453 e. The first-order valence-electron chi connectivity index (χ1n) is 5.41. The molecule has 0 aliphatic carbocycles. The van der Waals surface area contributed by atoms with Gasteiger partial charge in [-0.05, 0) is 37.3 Å². The second kappa shape index (κ2) is 5.48. The molecule has 2 aromatic rings. The molecule has 19 heavy (non-hydrogen) atoms. The summed E-state index contributed by atoms with van der Waals surface area (Å²) in [4.78, 5) is 11.4. The lowest BCUT2D eigenvalue weighted by molar-refractivity contribution is 0.101. The summed E-state index contributed by atoms with van der Waals surface area (Å²) in [6, 6.07) is 8.18. The van der Waals surface area contributed by atoms with Crippen molar-refractivity contribution in [1.82, 2.24) is 0 Å². The molecule has 0 amide bonds. The molecule has 0 unspecified atom stereocenters.